The third-order valence-electron chi connectivity index (χ3n) is 2.01. The van der Waals surface area contributed by atoms with Crippen LogP contribution in [0.2, 0.25) is 0 Å². The molecule has 0 bridgehead atoms. The minimum atomic E-state index is -0.595. The van der Waals surface area contributed by atoms with Gasteiger partial charge in [0.1, 0.15) is 11.0 Å². The van der Waals surface area contributed by atoms with Gasteiger partial charge in [0.2, 0.25) is 0 Å². The van der Waals surface area contributed by atoms with Crippen molar-refractivity contribution in [3.63, 3.8) is 0 Å². The zero-order chi connectivity index (χ0) is 12.5. The summed E-state index contributed by atoms with van der Waals surface area (Å²) in [5.41, 5.74) is -0.479. The highest BCUT2D eigenvalue weighted by Crippen LogP contribution is 2.23. The Morgan fingerprint density at radius 1 is 1.62 bits per heavy atom. The molecule has 1 rings (SSSR count). The number of nitrogens with zero attached hydrogens (tertiary/aromatic N) is 3. The Morgan fingerprint density at radius 2 is 2.19 bits per heavy atom. The fraction of sp³-hybridized carbons (Fsp3) is 0.556. The molecule has 0 atom stereocenters. The maximum absolute atomic E-state index is 11.7. The summed E-state index contributed by atoms with van der Waals surface area (Å²) in [5, 5.41) is 14.2. The summed E-state index contributed by atoms with van der Waals surface area (Å²) in [5.74, 6) is -0.306. The van der Waals surface area contributed by atoms with E-state index in [1.54, 1.807) is 20.8 Å². The van der Waals surface area contributed by atoms with Crippen LogP contribution >= 0.6 is 15.9 Å². The molecule has 0 aromatic carbocycles. The van der Waals surface area contributed by atoms with E-state index < -0.39 is 10.3 Å². The molecule has 7 heteroatoms. The number of hydrogen-bond acceptors (Lipinski definition) is 4. The van der Waals surface area contributed by atoms with E-state index in [2.05, 4.69) is 21.0 Å². The van der Waals surface area contributed by atoms with Crippen LogP contribution in [0, 0.1) is 15.5 Å². The SMILES string of the molecule is CC(C)(C)C(=O)Cn1cc(Br)c([N+](=O)[O-])n1. The normalized spacial score (nSPS) is 11.5. The standard InChI is InChI=1S/C9H12BrN3O3/c1-9(2,3)7(14)5-12-4-6(10)8(11-12)13(15)16/h4H,5H2,1-3H3. The van der Waals surface area contributed by atoms with Gasteiger partial charge in [0.15, 0.2) is 5.78 Å². The number of nitro groups is 1. The van der Waals surface area contributed by atoms with Crippen molar-refractivity contribution >= 4 is 27.5 Å². The Balaban J connectivity index is 2.88. The molecule has 88 valence electrons. The Morgan fingerprint density at radius 3 is 2.56 bits per heavy atom. The molecule has 6 nitrogen and oxygen atoms in total. The Bertz CT molecular complexity index is 434. The molecular weight excluding hydrogens is 278 g/mol. The van der Waals surface area contributed by atoms with Gasteiger partial charge >= 0.3 is 5.82 Å². The van der Waals surface area contributed by atoms with Gasteiger partial charge in [-0.05, 0) is 20.9 Å². The first-order valence-corrected chi connectivity index (χ1v) is 5.42. The number of hydrogen-bond donors (Lipinski definition) is 0. The van der Waals surface area contributed by atoms with Crippen molar-refractivity contribution in [2.75, 3.05) is 0 Å². The zero-order valence-electron chi connectivity index (χ0n) is 9.23. The molecule has 0 aliphatic rings. The van der Waals surface area contributed by atoms with Crippen LogP contribution in [0.3, 0.4) is 0 Å². The monoisotopic (exact) mass is 289 g/mol. The summed E-state index contributed by atoms with van der Waals surface area (Å²) < 4.78 is 1.55. The number of ketones is 1. The summed E-state index contributed by atoms with van der Waals surface area (Å²) in [6, 6.07) is 0. The molecule has 0 fully saturated rings. The number of rotatable bonds is 3. The third-order valence-corrected chi connectivity index (χ3v) is 2.57. The predicted molar refractivity (Wildman–Crippen MR) is 61.0 cm³/mol. The topological polar surface area (TPSA) is 78.0 Å². The molecule has 0 saturated heterocycles. The lowest BCUT2D eigenvalue weighted by Crippen LogP contribution is -2.25. The van der Waals surface area contributed by atoms with Gasteiger partial charge in [-0.1, -0.05) is 20.8 Å². The second kappa shape index (κ2) is 4.32. The smallest absolute Gasteiger partial charge is 0.358 e. The molecule has 16 heavy (non-hydrogen) atoms. The van der Waals surface area contributed by atoms with Gasteiger partial charge in [-0.2, -0.15) is 4.68 Å². The van der Waals surface area contributed by atoms with E-state index in [-0.39, 0.29) is 22.6 Å². The van der Waals surface area contributed by atoms with Gasteiger partial charge in [0, 0.05) is 5.41 Å². The van der Waals surface area contributed by atoms with E-state index in [9.17, 15) is 14.9 Å². The van der Waals surface area contributed by atoms with E-state index >= 15 is 0 Å². The highest BCUT2D eigenvalue weighted by Gasteiger charge is 2.25. The van der Waals surface area contributed by atoms with E-state index in [0.717, 1.165) is 0 Å². The minimum Gasteiger partial charge on any atom is -0.358 e. The van der Waals surface area contributed by atoms with Gasteiger partial charge < -0.3 is 10.1 Å². The average molecular weight is 290 g/mol. The van der Waals surface area contributed by atoms with E-state index in [1.807, 2.05) is 0 Å². The van der Waals surface area contributed by atoms with Crippen molar-refractivity contribution in [3.05, 3.63) is 20.8 Å². The van der Waals surface area contributed by atoms with Crippen molar-refractivity contribution in [2.24, 2.45) is 5.41 Å². The maximum Gasteiger partial charge on any atom is 0.404 e. The first-order valence-electron chi connectivity index (χ1n) is 4.62. The lowest BCUT2D eigenvalue weighted by atomic mass is 9.91. The molecule has 0 amide bonds. The van der Waals surface area contributed by atoms with E-state index in [1.165, 1.54) is 10.9 Å². The summed E-state index contributed by atoms with van der Waals surface area (Å²) in [6.07, 6.45) is 1.43. The number of aromatic nitrogens is 2. The van der Waals surface area contributed by atoms with Gasteiger partial charge in [-0.15, -0.1) is 0 Å². The van der Waals surface area contributed by atoms with Crippen LogP contribution in [0.5, 0.6) is 0 Å². The molecule has 1 heterocycles. The zero-order valence-corrected chi connectivity index (χ0v) is 10.8. The lowest BCUT2D eigenvalue weighted by Gasteiger charge is -2.14. The Hall–Kier alpha value is -1.24. The number of carbonyl (C=O) groups excluding carboxylic acids is 1. The van der Waals surface area contributed by atoms with Gasteiger partial charge in [0.05, 0.1) is 11.3 Å². The summed E-state index contributed by atoms with van der Waals surface area (Å²) in [6.45, 7) is 5.42. The molecule has 0 aliphatic heterocycles. The molecule has 1 aromatic rings. The molecule has 1 aromatic heterocycles. The number of halogens is 1. The molecule has 0 N–H and O–H groups in total. The van der Waals surface area contributed by atoms with Crippen molar-refractivity contribution in [1.29, 1.82) is 0 Å². The molecular formula is C9H12BrN3O3. The van der Waals surface area contributed by atoms with E-state index in [4.69, 9.17) is 0 Å². The molecule has 0 unspecified atom stereocenters. The second-order valence-corrected chi connectivity index (χ2v) is 5.28. The first kappa shape index (κ1) is 12.8. The highest BCUT2D eigenvalue weighted by molar-refractivity contribution is 9.10. The maximum atomic E-state index is 11.7. The fourth-order valence-electron chi connectivity index (χ4n) is 0.976. The summed E-state index contributed by atoms with van der Waals surface area (Å²) >= 11 is 3.02. The predicted octanol–water partition coefficient (Wildman–Crippen LogP) is 2.17. The van der Waals surface area contributed by atoms with Gasteiger partial charge in [-0.25, -0.2) is 0 Å². The molecule has 0 spiro atoms. The lowest BCUT2D eigenvalue weighted by molar-refractivity contribution is -0.390. The summed E-state index contributed by atoms with van der Waals surface area (Å²) in [4.78, 5) is 21.6. The van der Waals surface area contributed by atoms with Crippen molar-refractivity contribution in [1.82, 2.24) is 9.78 Å². The summed E-state index contributed by atoms with van der Waals surface area (Å²) in [7, 11) is 0. The van der Waals surface area contributed by atoms with Gasteiger partial charge in [-0.3, -0.25) is 4.79 Å². The van der Waals surface area contributed by atoms with Gasteiger partial charge in [0.25, 0.3) is 0 Å². The number of Topliss-reactive ketones (excluding diaryl/α,β-unsaturated/α-hetero) is 1. The van der Waals surface area contributed by atoms with Crippen LogP contribution in [0.25, 0.3) is 0 Å². The van der Waals surface area contributed by atoms with Crippen LogP contribution in [0.4, 0.5) is 5.82 Å². The van der Waals surface area contributed by atoms with E-state index in [0.29, 0.717) is 0 Å². The van der Waals surface area contributed by atoms with Crippen LogP contribution in [-0.2, 0) is 11.3 Å². The Labute approximate surface area is 101 Å². The van der Waals surface area contributed by atoms with Crippen molar-refractivity contribution in [2.45, 2.75) is 27.3 Å². The molecule has 0 radical (unpaired) electrons. The Kier molecular flexibility index (Phi) is 3.47. The van der Waals surface area contributed by atoms with Crippen LogP contribution in [0.15, 0.2) is 10.7 Å². The highest BCUT2D eigenvalue weighted by atomic mass is 79.9. The first-order chi connectivity index (χ1) is 7.21. The minimum absolute atomic E-state index is 0.0302. The van der Waals surface area contributed by atoms with Crippen LogP contribution in [0.1, 0.15) is 20.8 Å². The third kappa shape index (κ3) is 2.88. The van der Waals surface area contributed by atoms with Crippen LogP contribution in [-0.4, -0.2) is 20.5 Å². The van der Waals surface area contributed by atoms with Crippen LogP contribution < -0.4 is 0 Å². The van der Waals surface area contributed by atoms with Crippen molar-refractivity contribution in [3.8, 4) is 0 Å². The van der Waals surface area contributed by atoms with Crippen molar-refractivity contribution < 1.29 is 9.72 Å². The quantitative estimate of drug-likeness (QED) is 0.631. The second-order valence-electron chi connectivity index (χ2n) is 4.43. The largest absolute Gasteiger partial charge is 0.404 e. The number of carbonyl (C=O) groups is 1. The fourth-order valence-corrected chi connectivity index (χ4v) is 1.44. The average Bonchev–Trinajstić information content (AvgIpc) is 2.45. The molecule has 0 saturated carbocycles. The molecule has 0 aliphatic carbocycles.